The molecule has 2 amide bonds. The lowest BCUT2D eigenvalue weighted by molar-refractivity contribution is 0.262. The predicted molar refractivity (Wildman–Crippen MR) is 85.0 cm³/mol. The van der Waals surface area contributed by atoms with E-state index in [0.29, 0.717) is 32.1 Å². The average Bonchev–Trinajstić information content (AvgIpc) is 2.32. The molecular formula is C13H10Cl3N3O. The summed E-state index contributed by atoms with van der Waals surface area (Å²) >= 11 is 17.6. The van der Waals surface area contributed by atoms with Crippen LogP contribution in [0.3, 0.4) is 0 Å². The van der Waals surface area contributed by atoms with Crippen molar-refractivity contribution in [3.05, 3.63) is 51.5 Å². The van der Waals surface area contributed by atoms with Gasteiger partial charge in [-0.25, -0.2) is 4.79 Å². The first kappa shape index (κ1) is 14.8. The molecule has 0 aliphatic heterocycles. The standard InChI is InChI=1S/C13H10Cl3N3O/c14-7-3-8(15)5-10(4-7)18-13(20)19-12-6-9(17)1-2-11(12)16/h1-6H,17H2,(H2,18,19,20). The van der Waals surface area contributed by atoms with Crippen molar-refractivity contribution >= 4 is 57.9 Å². The zero-order chi connectivity index (χ0) is 14.7. The number of nitrogens with one attached hydrogen (secondary N) is 2. The molecule has 20 heavy (non-hydrogen) atoms. The molecule has 2 rings (SSSR count). The van der Waals surface area contributed by atoms with Gasteiger partial charge >= 0.3 is 6.03 Å². The topological polar surface area (TPSA) is 67.1 Å². The number of nitrogen functional groups attached to an aromatic ring is 1. The van der Waals surface area contributed by atoms with Crippen molar-refractivity contribution in [3.8, 4) is 0 Å². The Morgan fingerprint density at radius 2 is 1.60 bits per heavy atom. The quantitative estimate of drug-likeness (QED) is 0.687. The molecule has 0 aromatic heterocycles. The Balaban J connectivity index is 2.11. The van der Waals surface area contributed by atoms with Crippen LogP contribution in [0.1, 0.15) is 0 Å². The van der Waals surface area contributed by atoms with Crippen LogP contribution >= 0.6 is 34.8 Å². The van der Waals surface area contributed by atoms with Gasteiger partial charge in [0.15, 0.2) is 0 Å². The van der Waals surface area contributed by atoms with Gasteiger partial charge in [-0.3, -0.25) is 0 Å². The normalized spacial score (nSPS) is 10.2. The fourth-order valence-electron chi connectivity index (χ4n) is 1.55. The van der Waals surface area contributed by atoms with Gasteiger partial charge in [-0.2, -0.15) is 0 Å². The summed E-state index contributed by atoms with van der Waals surface area (Å²) in [6, 6.07) is 9.05. The molecule has 0 unspecified atom stereocenters. The summed E-state index contributed by atoms with van der Waals surface area (Å²) in [5.74, 6) is 0. The molecule has 0 bridgehead atoms. The van der Waals surface area contributed by atoms with Crippen LogP contribution in [0.15, 0.2) is 36.4 Å². The highest BCUT2D eigenvalue weighted by atomic mass is 35.5. The zero-order valence-corrected chi connectivity index (χ0v) is 12.4. The number of carbonyl (C=O) groups excluding carboxylic acids is 1. The summed E-state index contributed by atoms with van der Waals surface area (Å²) in [5, 5.41) is 6.43. The number of carbonyl (C=O) groups is 1. The van der Waals surface area contributed by atoms with E-state index >= 15 is 0 Å². The molecule has 0 saturated heterocycles. The van der Waals surface area contributed by atoms with Crippen LogP contribution < -0.4 is 16.4 Å². The van der Waals surface area contributed by atoms with Gasteiger partial charge < -0.3 is 16.4 Å². The molecule has 4 nitrogen and oxygen atoms in total. The molecule has 4 N–H and O–H groups in total. The highest BCUT2D eigenvalue weighted by Crippen LogP contribution is 2.25. The van der Waals surface area contributed by atoms with Crippen LogP contribution in [0.4, 0.5) is 21.9 Å². The Morgan fingerprint density at radius 1 is 0.950 bits per heavy atom. The summed E-state index contributed by atoms with van der Waals surface area (Å²) in [5.41, 5.74) is 7.01. The number of urea groups is 1. The first-order valence-corrected chi connectivity index (χ1v) is 6.66. The molecule has 0 saturated carbocycles. The number of halogens is 3. The van der Waals surface area contributed by atoms with Crippen molar-refractivity contribution in [2.45, 2.75) is 0 Å². The van der Waals surface area contributed by atoms with E-state index in [0.717, 1.165) is 0 Å². The molecule has 0 atom stereocenters. The summed E-state index contributed by atoms with van der Waals surface area (Å²) in [4.78, 5) is 11.9. The Hall–Kier alpha value is -1.62. The van der Waals surface area contributed by atoms with Crippen LogP contribution in [-0.2, 0) is 0 Å². The van der Waals surface area contributed by atoms with Gasteiger partial charge in [0, 0.05) is 21.4 Å². The molecule has 2 aromatic rings. The largest absolute Gasteiger partial charge is 0.399 e. The van der Waals surface area contributed by atoms with Crippen molar-refractivity contribution in [1.29, 1.82) is 0 Å². The number of nitrogens with two attached hydrogens (primary N) is 1. The Bertz CT molecular complexity index is 641. The highest BCUT2D eigenvalue weighted by Gasteiger charge is 2.07. The van der Waals surface area contributed by atoms with E-state index in [-0.39, 0.29) is 0 Å². The second kappa shape index (κ2) is 6.22. The Kier molecular flexibility index (Phi) is 4.60. The Morgan fingerprint density at radius 3 is 2.25 bits per heavy atom. The minimum absolute atomic E-state index is 0.387. The third kappa shape index (κ3) is 3.93. The van der Waals surface area contributed by atoms with Crippen LogP contribution in [-0.4, -0.2) is 6.03 Å². The molecular weight excluding hydrogens is 321 g/mol. The molecule has 0 radical (unpaired) electrons. The minimum Gasteiger partial charge on any atom is -0.399 e. The molecule has 7 heteroatoms. The molecule has 0 aliphatic rings. The number of hydrogen-bond donors (Lipinski definition) is 3. The molecule has 0 fully saturated rings. The number of rotatable bonds is 2. The SMILES string of the molecule is Nc1ccc(Cl)c(NC(=O)Nc2cc(Cl)cc(Cl)c2)c1. The van der Waals surface area contributed by atoms with Gasteiger partial charge in [-0.15, -0.1) is 0 Å². The predicted octanol–water partition coefficient (Wildman–Crippen LogP) is 4.87. The molecule has 0 aliphatic carbocycles. The van der Waals surface area contributed by atoms with Gasteiger partial charge in [-0.05, 0) is 36.4 Å². The van der Waals surface area contributed by atoms with E-state index in [4.69, 9.17) is 40.5 Å². The zero-order valence-electron chi connectivity index (χ0n) is 10.1. The van der Waals surface area contributed by atoms with Crippen LogP contribution in [0.25, 0.3) is 0 Å². The van der Waals surface area contributed by atoms with Crippen LogP contribution in [0.2, 0.25) is 15.1 Å². The van der Waals surface area contributed by atoms with E-state index in [9.17, 15) is 4.79 Å². The number of anilines is 3. The van der Waals surface area contributed by atoms with E-state index < -0.39 is 6.03 Å². The van der Waals surface area contributed by atoms with Crippen molar-refractivity contribution in [2.24, 2.45) is 0 Å². The van der Waals surface area contributed by atoms with Gasteiger partial charge in [0.1, 0.15) is 0 Å². The van der Waals surface area contributed by atoms with E-state index in [1.54, 1.807) is 36.4 Å². The lowest BCUT2D eigenvalue weighted by Gasteiger charge is -2.10. The summed E-state index contributed by atoms with van der Waals surface area (Å²) < 4.78 is 0. The minimum atomic E-state index is -0.476. The van der Waals surface area contributed by atoms with Gasteiger partial charge in [0.2, 0.25) is 0 Å². The number of amides is 2. The molecule has 0 heterocycles. The molecule has 2 aromatic carbocycles. The summed E-state index contributed by atoms with van der Waals surface area (Å²) in [6.45, 7) is 0. The van der Waals surface area contributed by atoms with Gasteiger partial charge in [0.05, 0.1) is 10.7 Å². The first-order valence-electron chi connectivity index (χ1n) is 5.53. The van der Waals surface area contributed by atoms with Gasteiger partial charge in [0.25, 0.3) is 0 Å². The number of hydrogen-bond acceptors (Lipinski definition) is 2. The monoisotopic (exact) mass is 329 g/mol. The van der Waals surface area contributed by atoms with Crippen molar-refractivity contribution in [2.75, 3.05) is 16.4 Å². The lowest BCUT2D eigenvalue weighted by Crippen LogP contribution is -2.19. The molecule has 0 spiro atoms. The average molecular weight is 331 g/mol. The highest BCUT2D eigenvalue weighted by molar-refractivity contribution is 6.35. The molecule has 104 valence electrons. The smallest absolute Gasteiger partial charge is 0.323 e. The van der Waals surface area contributed by atoms with Crippen molar-refractivity contribution in [3.63, 3.8) is 0 Å². The first-order chi connectivity index (χ1) is 9.44. The second-order valence-corrected chi connectivity index (χ2v) is 5.26. The second-order valence-electron chi connectivity index (χ2n) is 3.98. The maximum absolute atomic E-state index is 11.9. The maximum Gasteiger partial charge on any atom is 0.323 e. The Labute approximate surface area is 130 Å². The fraction of sp³-hybridized carbons (Fsp3) is 0. The van der Waals surface area contributed by atoms with Gasteiger partial charge in [-0.1, -0.05) is 34.8 Å². The third-order valence-corrected chi connectivity index (χ3v) is 3.13. The summed E-state index contributed by atoms with van der Waals surface area (Å²) in [6.07, 6.45) is 0. The number of benzene rings is 2. The summed E-state index contributed by atoms with van der Waals surface area (Å²) in [7, 11) is 0. The maximum atomic E-state index is 11.9. The van der Waals surface area contributed by atoms with E-state index in [2.05, 4.69) is 10.6 Å². The van der Waals surface area contributed by atoms with Crippen molar-refractivity contribution in [1.82, 2.24) is 0 Å². The van der Waals surface area contributed by atoms with E-state index in [1.807, 2.05) is 0 Å². The third-order valence-electron chi connectivity index (χ3n) is 2.36. The van der Waals surface area contributed by atoms with Crippen LogP contribution in [0.5, 0.6) is 0 Å². The van der Waals surface area contributed by atoms with E-state index in [1.165, 1.54) is 0 Å². The fourth-order valence-corrected chi connectivity index (χ4v) is 2.24. The van der Waals surface area contributed by atoms with Crippen molar-refractivity contribution < 1.29 is 4.79 Å². The van der Waals surface area contributed by atoms with Crippen LogP contribution in [0, 0.1) is 0 Å². The lowest BCUT2D eigenvalue weighted by atomic mass is 10.3.